The van der Waals surface area contributed by atoms with Gasteiger partial charge in [-0.25, -0.2) is 0 Å². The highest BCUT2D eigenvalue weighted by Crippen LogP contribution is 2.34. The Bertz CT molecular complexity index is 2680. The molecular weight excluding hydrogens is 989 g/mol. The Labute approximate surface area is 460 Å². The van der Waals surface area contributed by atoms with Gasteiger partial charge in [-0.15, -0.1) is 0 Å². The third kappa shape index (κ3) is 14.3. The molecule has 0 spiro atoms. The summed E-state index contributed by atoms with van der Waals surface area (Å²) in [6.45, 7) is 14.7. The molecule has 10 atom stereocenters. The summed E-state index contributed by atoms with van der Waals surface area (Å²) in [6.07, 6.45) is 5.97. The molecule has 78 heavy (non-hydrogen) atoms. The van der Waals surface area contributed by atoms with E-state index in [-0.39, 0.29) is 79.9 Å². The number of nitrogens with one attached hydrogen (secondary N) is 8. The molecule has 3 aromatic carbocycles. The molecule has 2 heterocycles. The SMILES string of the molecule is CN[C@@H](C)C(=O)N[C@H](C(=O)N1C[C@@H](NC(=O)CCc2ccc(C(=O)N[C@H]3C[C@@H](C(=O)N[C@@H]4CCCc5ccccc54)N(C(=O)[C@@H](NC(=O)[C@H](C)NC)C(C)(C)C)C3)cc2)C[C@H]1C(=O)N[C@@H]1CCCc2ccccc21)C(C)(C)C. The van der Waals surface area contributed by atoms with Crippen LogP contribution in [0.2, 0.25) is 0 Å². The second-order valence-corrected chi connectivity index (χ2v) is 24.1. The van der Waals surface area contributed by atoms with Crippen LogP contribution in [0, 0.1) is 10.8 Å². The molecule has 2 saturated heterocycles. The molecule has 8 N–H and O–H groups in total. The first-order valence-corrected chi connectivity index (χ1v) is 28.0. The van der Waals surface area contributed by atoms with Crippen LogP contribution in [-0.2, 0) is 52.8 Å². The minimum Gasteiger partial charge on any atom is -0.351 e. The highest BCUT2D eigenvalue weighted by Gasteiger charge is 2.48. The third-order valence-electron chi connectivity index (χ3n) is 16.2. The van der Waals surface area contributed by atoms with Crippen LogP contribution >= 0.6 is 0 Å². The fraction of sp³-hybridized carbons (Fsp3) is 0.567. The van der Waals surface area contributed by atoms with E-state index in [1.165, 1.54) is 20.9 Å². The number of fused-ring (bicyclic) bond motifs is 2. The minimum atomic E-state index is -0.958. The van der Waals surface area contributed by atoms with Gasteiger partial charge in [-0.3, -0.25) is 38.4 Å². The van der Waals surface area contributed by atoms with E-state index in [2.05, 4.69) is 54.7 Å². The van der Waals surface area contributed by atoms with Gasteiger partial charge in [0.25, 0.3) is 5.91 Å². The quantitative estimate of drug-likeness (QED) is 0.0909. The Morgan fingerprint density at radius 2 is 0.987 bits per heavy atom. The van der Waals surface area contributed by atoms with Gasteiger partial charge < -0.3 is 52.3 Å². The number of carbonyl (C=O) groups is 8. The van der Waals surface area contributed by atoms with Crippen molar-refractivity contribution >= 4 is 47.3 Å². The number of amides is 8. The van der Waals surface area contributed by atoms with Gasteiger partial charge in [-0.1, -0.05) is 102 Å². The maximum atomic E-state index is 14.6. The summed E-state index contributed by atoms with van der Waals surface area (Å²) < 4.78 is 0. The number of benzene rings is 3. The lowest BCUT2D eigenvalue weighted by Crippen LogP contribution is -2.59. The van der Waals surface area contributed by atoms with Crippen LogP contribution in [0.5, 0.6) is 0 Å². The van der Waals surface area contributed by atoms with Crippen molar-refractivity contribution in [3.05, 3.63) is 106 Å². The first-order chi connectivity index (χ1) is 37.0. The molecule has 18 heteroatoms. The first-order valence-electron chi connectivity index (χ1n) is 28.0. The van der Waals surface area contributed by atoms with Crippen molar-refractivity contribution in [1.29, 1.82) is 0 Å². The summed E-state index contributed by atoms with van der Waals surface area (Å²) in [6, 6.07) is 16.6. The minimum absolute atomic E-state index is 0.0538. The summed E-state index contributed by atoms with van der Waals surface area (Å²) in [4.78, 5) is 115. The second kappa shape index (κ2) is 25.4. The van der Waals surface area contributed by atoms with E-state index in [4.69, 9.17) is 0 Å². The summed E-state index contributed by atoms with van der Waals surface area (Å²) in [5.74, 6) is -2.79. The Balaban J connectivity index is 0.999. The third-order valence-corrected chi connectivity index (χ3v) is 16.2. The number of aryl methyl sites for hydroxylation is 3. The van der Waals surface area contributed by atoms with Crippen molar-refractivity contribution < 1.29 is 38.4 Å². The van der Waals surface area contributed by atoms with Crippen molar-refractivity contribution in [2.75, 3.05) is 27.2 Å². The van der Waals surface area contributed by atoms with Crippen molar-refractivity contribution in [1.82, 2.24) is 52.3 Å². The van der Waals surface area contributed by atoms with E-state index in [1.54, 1.807) is 52.2 Å². The number of carbonyl (C=O) groups excluding carboxylic acids is 8. The molecule has 0 saturated carbocycles. The Hall–Kier alpha value is -6.66. The molecule has 3 aromatic rings. The predicted octanol–water partition coefficient (Wildman–Crippen LogP) is 4.07. The summed E-state index contributed by atoms with van der Waals surface area (Å²) >= 11 is 0. The Morgan fingerprint density at radius 1 is 0.564 bits per heavy atom. The van der Waals surface area contributed by atoms with Crippen LogP contribution in [0.4, 0.5) is 0 Å². The van der Waals surface area contributed by atoms with Gasteiger partial charge in [-0.05, 0) is 137 Å². The average molecular weight is 1070 g/mol. The molecule has 8 amide bonds. The number of hydrogen-bond acceptors (Lipinski definition) is 10. The predicted molar refractivity (Wildman–Crippen MR) is 299 cm³/mol. The van der Waals surface area contributed by atoms with Crippen molar-refractivity contribution in [3.8, 4) is 0 Å². The number of likely N-dealkylation sites (tertiary alicyclic amines) is 2. The largest absolute Gasteiger partial charge is 0.351 e. The van der Waals surface area contributed by atoms with Crippen molar-refractivity contribution in [3.63, 3.8) is 0 Å². The van der Waals surface area contributed by atoms with E-state index in [1.807, 2.05) is 77.9 Å². The standard InChI is InChI=1S/C60H84N10O8/c1-35(61-9)52(72)67-50(59(3,4)5)57(77)69-33-41(31-47(69)55(75)65-45-23-15-19-38-17-11-13-21-43(38)45)63-49(71)30-27-37-25-28-40(29-26-37)54(74)64-42-32-48(56(76)66-46-24-16-20-39-18-12-14-22-44(39)46)70(34-42)58(78)51(60(6,7)8)68-53(73)36(2)62-10/h11-14,17-18,21-22,25-26,28-29,35-36,41-42,45-48,50-51,61-62H,15-16,19-20,23-24,27,30-34H2,1-10H3,(H,63,71)(H,64,74)(H,65,75)(H,66,76)(H,67,72)(H,68,73)/t35-,36-,41-,42-,45+,46+,47-,48-,50+,51+/m0/s1. The maximum Gasteiger partial charge on any atom is 0.251 e. The van der Waals surface area contributed by atoms with Crippen molar-refractivity contribution in [2.24, 2.45) is 10.8 Å². The topological polar surface area (TPSA) is 239 Å². The van der Waals surface area contributed by atoms with Crippen LogP contribution in [-0.4, -0.2) is 133 Å². The molecule has 2 aliphatic carbocycles. The summed E-state index contributed by atoms with van der Waals surface area (Å²) in [7, 11) is 3.33. The van der Waals surface area contributed by atoms with E-state index >= 15 is 0 Å². The van der Waals surface area contributed by atoms with Crippen LogP contribution in [0.15, 0.2) is 72.8 Å². The number of hydrogen-bond donors (Lipinski definition) is 8. The lowest BCUT2D eigenvalue weighted by atomic mass is 9.85. The van der Waals surface area contributed by atoms with Gasteiger partial charge in [0.2, 0.25) is 41.4 Å². The van der Waals surface area contributed by atoms with Gasteiger partial charge in [-0.2, -0.15) is 0 Å². The molecule has 0 radical (unpaired) electrons. The monoisotopic (exact) mass is 1070 g/mol. The van der Waals surface area contributed by atoms with Gasteiger partial charge in [0, 0.05) is 37.2 Å². The van der Waals surface area contributed by atoms with Crippen LogP contribution in [0.25, 0.3) is 0 Å². The Morgan fingerprint density at radius 3 is 1.41 bits per heavy atom. The zero-order chi connectivity index (χ0) is 56.6. The van der Waals surface area contributed by atoms with Gasteiger partial charge in [0.1, 0.15) is 24.2 Å². The van der Waals surface area contributed by atoms with Gasteiger partial charge >= 0.3 is 0 Å². The van der Waals surface area contributed by atoms with Crippen molar-refractivity contribution in [2.45, 2.75) is 180 Å². The zero-order valence-corrected chi connectivity index (χ0v) is 47.3. The summed E-state index contributed by atoms with van der Waals surface area (Å²) in [5.41, 5.74) is 4.23. The molecular formula is C60H84N10O8. The highest BCUT2D eigenvalue weighted by atomic mass is 16.2. The summed E-state index contributed by atoms with van der Waals surface area (Å²) in [5, 5.41) is 24.3. The van der Waals surface area contributed by atoms with E-state index < -0.39 is 71.0 Å². The molecule has 18 nitrogen and oxygen atoms in total. The molecule has 0 unspecified atom stereocenters. The lowest BCUT2D eigenvalue weighted by Gasteiger charge is -2.36. The molecule has 0 aromatic heterocycles. The molecule has 7 rings (SSSR count). The highest BCUT2D eigenvalue weighted by molar-refractivity contribution is 5.97. The average Bonchev–Trinajstić information content (AvgIpc) is 4.10. The van der Waals surface area contributed by atoms with Crippen LogP contribution < -0.4 is 42.5 Å². The van der Waals surface area contributed by atoms with Gasteiger partial charge in [0.05, 0.1) is 24.2 Å². The first kappa shape index (κ1) is 59.0. The molecule has 2 aliphatic heterocycles. The molecule has 0 bridgehead atoms. The smallest absolute Gasteiger partial charge is 0.251 e. The normalized spacial score (nSPS) is 22.6. The number of likely N-dealkylation sites (N-methyl/N-ethyl adjacent to an activating group) is 2. The fourth-order valence-electron chi connectivity index (χ4n) is 11.3. The molecule has 2 fully saturated rings. The zero-order valence-electron chi connectivity index (χ0n) is 47.3. The fourth-order valence-corrected chi connectivity index (χ4v) is 11.3. The second-order valence-electron chi connectivity index (χ2n) is 24.1. The van der Waals surface area contributed by atoms with E-state index in [9.17, 15) is 38.4 Å². The van der Waals surface area contributed by atoms with Gasteiger partial charge in [0.15, 0.2) is 0 Å². The number of rotatable bonds is 18. The molecule has 4 aliphatic rings. The number of nitrogens with zero attached hydrogens (tertiary/aromatic N) is 2. The maximum absolute atomic E-state index is 14.6. The van der Waals surface area contributed by atoms with Crippen LogP contribution in [0.3, 0.4) is 0 Å². The Kier molecular flexibility index (Phi) is 19.2. The lowest BCUT2D eigenvalue weighted by molar-refractivity contribution is -0.144. The van der Waals surface area contributed by atoms with Crippen LogP contribution in [0.1, 0.15) is 151 Å². The van der Waals surface area contributed by atoms with E-state index in [0.29, 0.717) is 12.0 Å². The molecule has 422 valence electrons. The van der Waals surface area contributed by atoms with E-state index in [0.717, 1.165) is 55.2 Å².